The summed E-state index contributed by atoms with van der Waals surface area (Å²) in [5.74, 6) is 0. The van der Waals surface area contributed by atoms with Crippen LogP contribution in [0.4, 0.5) is 13.2 Å². The van der Waals surface area contributed by atoms with Crippen LogP contribution >= 0.6 is 48.0 Å². The molecule has 0 radical (unpaired) electrons. The lowest BCUT2D eigenvalue weighted by Gasteiger charge is -2.36. The molecule has 1 heterocycles. The van der Waals surface area contributed by atoms with Gasteiger partial charge in [0.15, 0.2) is 0 Å². The molecule has 1 aliphatic rings. The van der Waals surface area contributed by atoms with Crippen molar-refractivity contribution in [1.82, 2.24) is 10.2 Å². The maximum absolute atomic E-state index is 12.6. The highest BCUT2D eigenvalue weighted by molar-refractivity contribution is 6.36. The standard InChI is InChI=1S/C14H17Cl2F3N2.2ClH/c15-10-2-1-3-11(16)13(10)12(4-5-14(17,18)19)21-8-6-20-7-9-21;;/h1-3,12,20H,4-9H2;2*1H/t12-;;/m1../s1. The lowest BCUT2D eigenvalue weighted by Crippen LogP contribution is -2.45. The molecule has 1 fully saturated rings. The summed E-state index contributed by atoms with van der Waals surface area (Å²) in [6.45, 7) is 2.88. The Morgan fingerprint density at radius 3 is 2.09 bits per heavy atom. The molecule has 1 atom stereocenters. The molecule has 1 aromatic rings. The first kappa shape index (κ1) is 23.1. The molecule has 1 N–H and O–H groups in total. The van der Waals surface area contributed by atoms with E-state index >= 15 is 0 Å². The van der Waals surface area contributed by atoms with Crippen molar-refractivity contribution in [2.45, 2.75) is 25.1 Å². The van der Waals surface area contributed by atoms with Crippen molar-refractivity contribution in [2.24, 2.45) is 0 Å². The highest BCUT2D eigenvalue weighted by atomic mass is 35.5. The van der Waals surface area contributed by atoms with Gasteiger partial charge < -0.3 is 5.32 Å². The summed E-state index contributed by atoms with van der Waals surface area (Å²) in [6, 6.07) is 4.64. The van der Waals surface area contributed by atoms with Crippen LogP contribution < -0.4 is 5.32 Å². The first-order valence-corrected chi connectivity index (χ1v) is 7.59. The summed E-state index contributed by atoms with van der Waals surface area (Å²) in [5, 5.41) is 4.04. The monoisotopic (exact) mass is 412 g/mol. The molecule has 0 unspecified atom stereocenters. The maximum atomic E-state index is 12.6. The molecular weight excluding hydrogens is 395 g/mol. The van der Waals surface area contributed by atoms with E-state index in [1.807, 2.05) is 4.90 Å². The highest BCUT2D eigenvalue weighted by Gasteiger charge is 2.32. The molecule has 1 aliphatic heterocycles. The fourth-order valence-corrected chi connectivity index (χ4v) is 3.28. The third-order valence-electron chi connectivity index (χ3n) is 3.63. The van der Waals surface area contributed by atoms with E-state index in [-0.39, 0.29) is 31.2 Å². The second-order valence-electron chi connectivity index (χ2n) is 5.09. The van der Waals surface area contributed by atoms with E-state index in [1.165, 1.54) is 0 Å². The lowest BCUT2D eigenvalue weighted by atomic mass is 9.99. The van der Waals surface area contributed by atoms with Crippen molar-refractivity contribution in [1.29, 1.82) is 0 Å². The third kappa shape index (κ3) is 6.85. The van der Waals surface area contributed by atoms with Crippen molar-refractivity contribution in [2.75, 3.05) is 26.2 Å². The Kier molecular flexibility index (Phi) is 10.2. The van der Waals surface area contributed by atoms with Gasteiger partial charge in [0.05, 0.1) is 0 Å². The number of hydrogen-bond donors (Lipinski definition) is 1. The van der Waals surface area contributed by atoms with E-state index in [9.17, 15) is 13.2 Å². The van der Waals surface area contributed by atoms with Gasteiger partial charge in [0.25, 0.3) is 0 Å². The Labute approximate surface area is 156 Å². The van der Waals surface area contributed by atoms with Crippen LogP contribution in [0.1, 0.15) is 24.4 Å². The van der Waals surface area contributed by atoms with Crippen molar-refractivity contribution >= 4 is 48.0 Å². The van der Waals surface area contributed by atoms with Crippen LogP contribution in [0.3, 0.4) is 0 Å². The minimum absolute atomic E-state index is 0. The van der Waals surface area contributed by atoms with Crippen LogP contribution in [-0.2, 0) is 0 Å². The quantitative estimate of drug-likeness (QED) is 0.736. The Bertz CT molecular complexity index is 459. The fraction of sp³-hybridized carbons (Fsp3) is 0.571. The van der Waals surface area contributed by atoms with E-state index in [4.69, 9.17) is 23.2 Å². The van der Waals surface area contributed by atoms with Gasteiger partial charge in [-0.3, -0.25) is 4.90 Å². The summed E-state index contributed by atoms with van der Waals surface area (Å²) in [7, 11) is 0. The average molecular weight is 414 g/mol. The van der Waals surface area contributed by atoms with Gasteiger partial charge in [0.2, 0.25) is 0 Å². The number of piperazine rings is 1. The number of alkyl halides is 3. The molecule has 0 amide bonds. The van der Waals surface area contributed by atoms with E-state index in [0.717, 1.165) is 13.1 Å². The summed E-state index contributed by atoms with van der Waals surface area (Å²) in [6.07, 6.45) is -5.06. The maximum Gasteiger partial charge on any atom is 0.389 e. The molecule has 0 saturated carbocycles. The molecular formula is C14H19Cl4F3N2. The van der Waals surface area contributed by atoms with E-state index < -0.39 is 18.6 Å². The predicted octanol–water partition coefficient (Wildman–Crippen LogP) is 5.13. The summed E-state index contributed by atoms with van der Waals surface area (Å²) in [4.78, 5) is 2.02. The van der Waals surface area contributed by atoms with Crippen LogP contribution in [0, 0.1) is 0 Å². The lowest BCUT2D eigenvalue weighted by molar-refractivity contribution is -0.138. The Morgan fingerprint density at radius 1 is 1.09 bits per heavy atom. The first-order valence-electron chi connectivity index (χ1n) is 6.84. The van der Waals surface area contributed by atoms with Gasteiger partial charge in [-0.25, -0.2) is 0 Å². The number of hydrogen-bond acceptors (Lipinski definition) is 2. The Balaban J connectivity index is 0.00000242. The molecule has 0 spiro atoms. The SMILES string of the molecule is Cl.Cl.FC(F)(F)CC[C@H](c1c(Cl)cccc1Cl)N1CCNCC1. The average Bonchev–Trinajstić information content (AvgIpc) is 2.42. The zero-order valence-electron chi connectivity index (χ0n) is 12.2. The number of benzene rings is 1. The van der Waals surface area contributed by atoms with Crippen LogP contribution in [0.15, 0.2) is 18.2 Å². The summed E-state index contributed by atoms with van der Waals surface area (Å²) in [5.41, 5.74) is 0.604. The van der Waals surface area contributed by atoms with Gasteiger partial charge in [-0.1, -0.05) is 29.3 Å². The molecule has 2 nitrogen and oxygen atoms in total. The molecule has 0 aliphatic carbocycles. The topological polar surface area (TPSA) is 15.3 Å². The number of nitrogens with zero attached hydrogens (tertiary/aromatic N) is 1. The largest absolute Gasteiger partial charge is 0.389 e. The fourth-order valence-electron chi connectivity index (χ4n) is 2.63. The molecule has 23 heavy (non-hydrogen) atoms. The van der Waals surface area contributed by atoms with Gasteiger partial charge in [0.1, 0.15) is 0 Å². The summed E-state index contributed by atoms with van der Waals surface area (Å²) >= 11 is 12.4. The molecule has 9 heteroatoms. The normalized spacial score (nSPS) is 17.1. The number of rotatable bonds is 4. The zero-order chi connectivity index (χ0) is 15.5. The number of halogens is 7. The van der Waals surface area contributed by atoms with Gasteiger partial charge in [-0.2, -0.15) is 13.2 Å². The Hall–Kier alpha value is 0.0900. The molecule has 0 aromatic heterocycles. The minimum Gasteiger partial charge on any atom is -0.314 e. The molecule has 0 bridgehead atoms. The van der Waals surface area contributed by atoms with E-state index in [0.29, 0.717) is 28.7 Å². The minimum atomic E-state index is -4.18. The summed E-state index contributed by atoms with van der Waals surface area (Å²) < 4.78 is 37.8. The molecule has 1 aromatic carbocycles. The second-order valence-corrected chi connectivity index (χ2v) is 5.91. The predicted molar refractivity (Wildman–Crippen MR) is 93.4 cm³/mol. The first-order chi connectivity index (χ1) is 9.88. The highest BCUT2D eigenvalue weighted by Crippen LogP contribution is 2.38. The van der Waals surface area contributed by atoms with Crippen LogP contribution in [0.5, 0.6) is 0 Å². The van der Waals surface area contributed by atoms with Crippen molar-refractivity contribution in [3.05, 3.63) is 33.8 Å². The van der Waals surface area contributed by atoms with Crippen LogP contribution in [-0.4, -0.2) is 37.3 Å². The molecule has 1 saturated heterocycles. The van der Waals surface area contributed by atoms with Gasteiger partial charge in [-0.05, 0) is 18.6 Å². The van der Waals surface area contributed by atoms with E-state index in [2.05, 4.69) is 5.32 Å². The molecule has 134 valence electrons. The van der Waals surface area contributed by atoms with Gasteiger partial charge in [0, 0.05) is 54.3 Å². The van der Waals surface area contributed by atoms with Gasteiger partial charge in [-0.15, -0.1) is 24.8 Å². The number of nitrogens with one attached hydrogen (secondary N) is 1. The third-order valence-corrected chi connectivity index (χ3v) is 4.29. The smallest absolute Gasteiger partial charge is 0.314 e. The zero-order valence-corrected chi connectivity index (χ0v) is 15.4. The van der Waals surface area contributed by atoms with Gasteiger partial charge >= 0.3 is 6.18 Å². The van der Waals surface area contributed by atoms with Crippen LogP contribution in [0.25, 0.3) is 0 Å². The van der Waals surface area contributed by atoms with Crippen molar-refractivity contribution in [3.63, 3.8) is 0 Å². The molecule has 2 rings (SSSR count). The Morgan fingerprint density at radius 2 is 1.61 bits per heavy atom. The van der Waals surface area contributed by atoms with Crippen molar-refractivity contribution < 1.29 is 13.2 Å². The van der Waals surface area contributed by atoms with Crippen molar-refractivity contribution in [3.8, 4) is 0 Å². The second kappa shape index (κ2) is 10.2. The van der Waals surface area contributed by atoms with Crippen LogP contribution in [0.2, 0.25) is 10.0 Å². The van der Waals surface area contributed by atoms with E-state index in [1.54, 1.807) is 18.2 Å².